The molecule has 1 atom stereocenters. The molecule has 1 unspecified atom stereocenters. The van der Waals surface area contributed by atoms with Crippen LogP contribution in [0.5, 0.6) is 0 Å². The lowest BCUT2D eigenvalue weighted by Crippen LogP contribution is -2.34. The quantitative estimate of drug-likeness (QED) is 0.625. The van der Waals surface area contributed by atoms with Crippen molar-refractivity contribution in [3.63, 3.8) is 0 Å². The Morgan fingerprint density at radius 3 is 2.61 bits per heavy atom. The fourth-order valence-electron chi connectivity index (χ4n) is 1.89. The van der Waals surface area contributed by atoms with Crippen molar-refractivity contribution in [2.75, 3.05) is 18.7 Å². The molecule has 2 rings (SSSR count). The lowest BCUT2D eigenvalue weighted by Gasteiger charge is -2.12. The Hall–Kier alpha value is -2.71. The van der Waals surface area contributed by atoms with Crippen LogP contribution in [0.1, 0.15) is 0 Å². The van der Waals surface area contributed by atoms with Crippen molar-refractivity contribution < 1.29 is 27.5 Å². The molecule has 9 heteroatoms. The molecule has 0 N–H and O–H groups in total. The van der Waals surface area contributed by atoms with E-state index in [0.717, 1.165) is 13.3 Å². The molecule has 0 saturated carbocycles. The van der Waals surface area contributed by atoms with Crippen LogP contribution in [-0.2, 0) is 14.3 Å². The van der Waals surface area contributed by atoms with Gasteiger partial charge in [0.15, 0.2) is 5.71 Å². The minimum atomic E-state index is -4.79. The summed E-state index contributed by atoms with van der Waals surface area (Å²) in [6.45, 7) is -0.475. The first kappa shape index (κ1) is 16.7. The first-order valence-corrected chi connectivity index (χ1v) is 6.46. The number of halogens is 3. The number of alkyl halides is 3. The van der Waals surface area contributed by atoms with Gasteiger partial charge in [-0.3, -0.25) is 14.6 Å². The topological polar surface area (TPSA) is 71.3 Å². The van der Waals surface area contributed by atoms with Gasteiger partial charge in [-0.05, 0) is 12.1 Å². The zero-order valence-corrected chi connectivity index (χ0v) is 11.9. The fourth-order valence-corrected chi connectivity index (χ4v) is 1.89. The number of rotatable bonds is 4. The molecule has 0 aliphatic carbocycles. The highest BCUT2D eigenvalue weighted by Crippen LogP contribution is 2.31. The van der Waals surface area contributed by atoms with Crippen LogP contribution in [0.3, 0.4) is 0 Å². The number of hydrogen-bond donors (Lipinski definition) is 0. The predicted octanol–water partition coefficient (Wildman–Crippen LogP) is 1.81. The van der Waals surface area contributed by atoms with E-state index in [9.17, 15) is 22.8 Å². The number of anilines is 1. The number of carbonyl (C=O) groups is 2. The van der Waals surface area contributed by atoms with E-state index in [1.54, 1.807) is 18.2 Å². The molecule has 1 aliphatic heterocycles. The number of esters is 1. The maximum absolute atomic E-state index is 13.1. The average molecular weight is 327 g/mol. The number of hydrazone groups is 1. The van der Waals surface area contributed by atoms with Gasteiger partial charge in [0.1, 0.15) is 12.5 Å². The van der Waals surface area contributed by atoms with Crippen molar-refractivity contribution in [2.24, 2.45) is 16.0 Å². The van der Waals surface area contributed by atoms with Crippen molar-refractivity contribution in [1.82, 2.24) is 0 Å². The van der Waals surface area contributed by atoms with Crippen LogP contribution in [-0.4, -0.2) is 43.6 Å². The molecule has 1 aliphatic rings. The van der Waals surface area contributed by atoms with Crippen LogP contribution in [0.2, 0.25) is 0 Å². The lowest BCUT2D eigenvalue weighted by molar-refractivity contribution is -0.138. The Bertz CT molecular complexity index is 656. The second kappa shape index (κ2) is 6.59. The van der Waals surface area contributed by atoms with Crippen LogP contribution < -0.4 is 5.01 Å². The fraction of sp³-hybridized carbons (Fsp3) is 0.286. The summed E-state index contributed by atoms with van der Waals surface area (Å²) in [7, 11) is 1.12. The Labute approximate surface area is 129 Å². The van der Waals surface area contributed by atoms with Crippen LogP contribution >= 0.6 is 0 Å². The highest BCUT2D eigenvalue weighted by molar-refractivity contribution is 6.25. The number of aliphatic imine (C=N–C) groups is 1. The smallest absolute Gasteiger partial charge is 0.432 e. The second-order valence-corrected chi connectivity index (χ2v) is 4.51. The second-order valence-electron chi connectivity index (χ2n) is 4.51. The standard InChI is InChI=1S/C14H12F3N3O3/c1-23-11(21)8-18-7-10-12(14(15,16)17)19-20(13(10)22)9-5-3-2-4-6-9/h2-7,10H,8H2,1H3. The van der Waals surface area contributed by atoms with E-state index in [2.05, 4.69) is 14.8 Å². The van der Waals surface area contributed by atoms with Crippen molar-refractivity contribution in [3.8, 4) is 0 Å². The van der Waals surface area contributed by atoms with Crippen LogP contribution in [0.15, 0.2) is 40.4 Å². The summed E-state index contributed by atoms with van der Waals surface area (Å²) in [5.74, 6) is -3.31. The molecule has 0 saturated heterocycles. The minimum Gasteiger partial charge on any atom is -0.468 e. The minimum absolute atomic E-state index is 0.211. The number of carbonyl (C=O) groups excluding carboxylic acids is 2. The Morgan fingerprint density at radius 1 is 1.39 bits per heavy atom. The van der Waals surface area contributed by atoms with Crippen molar-refractivity contribution in [3.05, 3.63) is 30.3 Å². The molecule has 122 valence electrons. The third-order valence-corrected chi connectivity index (χ3v) is 2.97. The molecule has 0 spiro atoms. The van der Waals surface area contributed by atoms with Gasteiger partial charge in [-0.2, -0.15) is 23.3 Å². The van der Waals surface area contributed by atoms with E-state index < -0.39 is 36.2 Å². The van der Waals surface area contributed by atoms with Gasteiger partial charge in [-0.15, -0.1) is 0 Å². The molecule has 0 bridgehead atoms. The molecular formula is C14H12F3N3O3. The van der Waals surface area contributed by atoms with Crippen LogP contribution in [0.4, 0.5) is 18.9 Å². The van der Waals surface area contributed by atoms with Gasteiger partial charge in [0.25, 0.3) is 5.91 Å². The summed E-state index contributed by atoms with van der Waals surface area (Å²) in [5.41, 5.74) is -1.07. The van der Waals surface area contributed by atoms with Crippen molar-refractivity contribution in [1.29, 1.82) is 0 Å². The average Bonchev–Trinajstić information content (AvgIpc) is 2.85. The summed E-state index contributed by atoms with van der Waals surface area (Å²) in [5, 5.41) is 4.06. The van der Waals surface area contributed by atoms with E-state index in [4.69, 9.17) is 0 Å². The Morgan fingerprint density at radius 2 is 2.04 bits per heavy atom. The van der Waals surface area contributed by atoms with Gasteiger partial charge in [0.2, 0.25) is 0 Å². The molecule has 1 heterocycles. The third kappa shape index (κ3) is 3.74. The van der Waals surface area contributed by atoms with Crippen LogP contribution in [0.25, 0.3) is 0 Å². The molecule has 0 fully saturated rings. The number of nitrogens with zero attached hydrogens (tertiary/aromatic N) is 3. The van der Waals surface area contributed by atoms with E-state index in [0.29, 0.717) is 5.01 Å². The van der Waals surface area contributed by atoms with E-state index >= 15 is 0 Å². The van der Waals surface area contributed by atoms with Gasteiger partial charge >= 0.3 is 12.1 Å². The Balaban J connectivity index is 2.29. The number of amides is 1. The van der Waals surface area contributed by atoms with Gasteiger partial charge in [0.05, 0.1) is 12.8 Å². The number of benzene rings is 1. The summed E-state index contributed by atoms with van der Waals surface area (Å²) < 4.78 is 43.5. The first-order chi connectivity index (χ1) is 10.8. The van der Waals surface area contributed by atoms with Gasteiger partial charge in [-0.25, -0.2) is 0 Å². The highest BCUT2D eigenvalue weighted by Gasteiger charge is 2.49. The summed E-state index contributed by atoms with van der Waals surface area (Å²) >= 11 is 0. The largest absolute Gasteiger partial charge is 0.468 e. The number of ether oxygens (including phenoxy) is 1. The third-order valence-electron chi connectivity index (χ3n) is 2.97. The maximum atomic E-state index is 13.1. The van der Waals surface area contributed by atoms with Gasteiger partial charge in [-0.1, -0.05) is 18.2 Å². The van der Waals surface area contributed by atoms with Crippen molar-refractivity contribution >= 4 is 29.5 Å². The predicted molar refractivity (Wildman–Crippen MR) is 76.3 cm³/mol. The Kier molecular flexibility index (Phi) is 4.77. The highest BCUT2D eigenvalue weighted by atomic mass is 19.4. The SMILES string of the molecule is COC(=O)CN=CC1C(=O)N(c2ccccc2)N=C1C(F)(F)F. The summed E-state index contributed by atoms with van der Waals surface area (Å²) in [6, 6.07) is 7.73. The molecule has 0 radical (unpaired) electrons. The van der Waals surface area contributed by atoms with Gasteiger partial charge < -0.3 is 4.74 Å². The maximum Gasteiger partial charge on any atom is 0.432 e. The van der Waals surface area contributed by atoms with Crippen LogP contribution in [0, 0.1) is 5.92 Å². The normalized spacial score (nSPS) is 18.4. The molecule has 1 aromatic rings. The monoisotopic (exact) mass is 327 g/mol. The molecular weight excluding hydrogens is 315 g/mol. The molecule has 0 aromatic heterocycles. The number of hydrogen-bond acceptors (Lipinski definition) is 5. The molecule has 1 aromatic carbocycles. The first-order valence-electron chi connectivity index (χ1n) is 6.46. The van der Waals surface area contributed by atoms with E-state index in [1.165, 1.54) is 12.1 Å². The number of methoxy groups -OCH3 is 1. The summed E-state index contributed by atoms with van der Waals surface area (Å²) in [4.78, 5) is 26.7. The molecule has 1 amide bonds. The molecule has 6 nitrogen and oxygen atoms in total. The van der Waals surface area contributed by atoms with Crippen molar-refractivity contribution in [2.45, 2.75) is 6.18 Å². The summed E-state index contributed by atoms with van der Waals surface area (Å²) in [6.07, 6.45) is -4.02. The van der Waals surface area contributed by atoms with Gasteiger partial charge in [0, 0.05) is 6.21 Å². The number of para-hydroxylation sites is 1. The van der Waals surface area contributed by atoms with E-state index in [-0.39, 0.29) is 5.69 Å². The zero-order chi connectivity index (χ0) is 17.0. The van der Waals surface area contributed by atoms with E-state index in [1.807, 2.05) is 0 Å². The lowest BCUT2D eigenvalue weighted by atomic mass is 10.0. The molecule has 23 heavy (non-hydrogen) atoms. The zero-order valence-electron chi connectivity index (χ0n) is 11.9.